The van der Waals surface area contributed by atoms with Gasteiger partial charge < -0.3 is 11.1 Å². The van der Waals surface area contributed by atoms with Crippen molar-refractivity contribution in [2.45, 2.75) is 25.3 Å². The number of hydrogen-bond donors (Lipinski definition) is 2. The highest BCUT2D eigenvalue weighted by Gasteiger charge is 2.31. The SMILES string of the molecule is NCC(NC(=O)Cc1csc(-c2ccccn2)n1)C1CC1. The topological polar surface area (TPSA) is 80.9 Å². The first-order valence-corrected chi connectivity index (χ1v) is 7.99. The first-order chi connectivity index (χ1) is 10.3. The first kappa shape index (κ1) is 14.2. The molecule has 3 rings (SSSR count). The molecule has 1 atom stereocenters. The highest BCUT2D eigenvalue weighted by molar-refractivity contribution is 7.13. The molecular weight excluding hydrogens is 284 g/mol. The molecule has 1 unspecified atom stereocenters. The number of nitrogens with two attached hydrogens (primary N) is 1. The molecule has 110 valence electrons. The Morgan fingerprint density at radius 1 is 1.48 bits per heavy atom. The van der Waals surface area contributed by atoms with Gasteiger partial charge in [0, 0.05) is 24.2 Å². The minimum atomic E-state index is -0.00443. The molecule has 0 saturated heterocycles. The van der Waals surface area contributed by atoms with Crippen molar-refractivity contribution in [1.82, 2.24) is 15.3 Å². The molecule has 2 heterocycles. The number of nitrogens with one attached hydrogen (secondary N) is 1. The first-order valence-electron chi connectivity index (χ1n) is 7.11. The summed E-state index contributed by atoms with van der Waals surface area (Å²) in [6.07, 6.45) is 4.38. The molecule has 0 radical (unpaired) electrons. The Morgan fingerprint density at radius 2 is 2.33 bits per heavy atom. The van der Waals surface area contributed by atoms with Crippen LogP contribution in [0.15, 0.2) is 29.8 Å². The lowest BCUT2D eigenvalue weighted by molar-refractivity contribution is -0.121. The number of nitrogens with zero attached hydrogens (tertiary/aromatic N) is 2. The maximum absolute atomic E-state index is 12.0. The largest absolute Gasteiger partial charge is 0.351 e. The van der Waals surface area contributed by atoms with Crippen molar-refractivity contribution in [1.29, 1.82) is 0 Å². The van der Waals surface area contributed by atoms with E-state index in [4.69, 9.17) is 5.73 Å². The van der Waals surface area contributed by atoms with Crippen LogP contribution in [0.1, 0.15) is 18.5 Å². The molecule has 1 fully saturated rings. The van der Waals surface area contributed by atoms with E-state index in [-0.39, 0.29) is 11.9 Å². The van der Waals surface area contributed by atoms with E-state index in [1.165, 1.54) is 24.2 Å². The monoisotopic (exact) mass is 302 g/mol. The van der Waals surface area contributed by atoms with E-state index < -0.39 is 0 Å². The van der Waals surface area contributed by atoms with Crippen molar-refractivity contribution in [2.24, 2.45) is 11.7 Å². The van der Waals surface area contributed by atoms with Gasteiger partial charge in [-0.15, -0.1) is 11.3 Å². The summed E-state index contributed by atoms with van der Waals surface area (Å²) in [5.41, 5.74) is 7.32. The molecule has 1 aliphatic carbocycles. The molecule has 0 bridgehead atoms. The summed E-state index contributed by atoms with van der Waals surface area (Å²) in [5.74, 6) is 0.564. The van der Waals surface area contributed by atoms with Gasteiger partial charge in [-0.3, -0.25) is 9.78 Å². The second-order valence-electron chi connectivity index (χ2n) is 5.28. The van der Waals surface area contributed by atoms with Crippen LogP contribution in [-0.4, -0.2) is 28.5 Å². The van der Waals surface area contributed by atoms with Crippen LogP contribution in [0.2, 0.25) is 0 Å². The predicted octanol–water partition coefficient (Wildman–Crippen LogP) is 1.60. The van der Waals surface area contributed by atoms with Gasteiger partial charge in [0.15, 0.2) is 0 Å². The van der Waals surface area contributed by atoms with Crippen LogP contribution >= 0.6 is 11.3 Å². The summed E-state index contributed by atoms with van der Waals surface area (Å²) in [6, 6.07) is 5.83. The number of rotatable bonds is 6. The molecule has 2 aromatic rings. The van der Waals surface area contributed by atoms with Crippen LogP contribution in [0.4, 0.5) is 0 Å². The van der Waals surface area contributed by atoms with Crippen LogP contribution in [0.3, 0.4) is 0 Å². The fraction of sp³-hybridized carbons (Fsp3) is 0.400. The Morgan fingerprint density at radius 3 is 3.00 bits per heavy atom. The van der Waals surface area contributed by atoms with Crippen molar-refractivity contribution < 1.29 is 4.79 Å². The van der Waals surface area contributed by atoms with E-state index in [0.29, 0.717) is 18.9 Å². The molecule has 5 nitrogen and oxygen atoms in total. The van der Waals surface area contributed by atoms with Gasteiger partial charge in [0.25, 0.3) is 0 Å². The van der Waals surface area contributed by atoms with Crippen molar-refractivity contribution in [3.63, 3.8) is 0 Å². The van der Waals surface area contributed by atoms with E-state index in [9.17, 15) is 4.79 Å². The lowest BCUT2D eigenvalue weighted by Crippen LogP contribution is -2.42. The van der Waals surface area contributed by atoms with Crippen molar-refractivity contribution >= 4 is 17.2 Å². The zero-order valence-electron chi connectivity index (χ0n) is 11.7. The minimum absolute atomic E-state index is 0.00443. The summed E-state index contributed by atoms with van der Waals surface area (Å²) in [4.78, 5) is 20.8. The zero-order valence-corrected chi connectivity index (χ0v) is 12.5. The van der Waals surface area contributed by atoms with E-state index in [1.807, 2.05) is 23.6 Å². The van der Waals surface area contributed by atoms with Gasteiger partial charge in [-0.25, -0.2) is 4.98 Å². The Hall–Kier alpha value is -1.79. The molecule has 1 saturated carbocycles. The van der Waals surface area contributed by atoms with Crippen LogP contribution in [0.5, 0.6) is 0 Å². The lowest BCUT2D eigenvalue weighted by atomic mass is 10.2. The van der Waals surface area contributed by atoms with Crippen LogP contribution in [0.25, 0.3) is 10.7 Å². The maximum Gasteiger partial charge on any atom is 0.226 e. The average Bonchev–Trinajstić information content (AvgIpc) is 3.25. The number of aromatic nitrogens is 2. The number of carbonyl (C=O) groups is 1. The maximum atomic E-state index is 12.0. The fourth-order valence-electron chi connectivity index (χ4n) is 2.29. The average molecular weight is 302 g/mol. The third kappa shape index (κ3) is 3.65. The zero-order chi connectivity index (χ0) is 14.7. The second kappa shape index (κ2) is 6.32. The van der Waals surface area contributed by atoms with Gasteiger partial charge in [-0.2, -0.15) is 0 Å². The number of thiazole rings is 1. The van der Waals surface area contributed by atoms with E-state index in [1.54, 1.807) is 6.20 Å². The van der Waals surface area contributed by atoms with Gasteiger partial charge in [0.1, 0.15) is 5.01 Å². The summed E-state index contributed by atoms with van der Waals surface area (Å²) in [7, 11) is 0. The Kier molecular flexibility index (Phi) is 4.26. The lowest BCUT2D eigenvalue weighted by Gasteiger charge is -2.15. The molecule has 0 spiro atoms. The molecular formula is C15H18N4OS. The van der Waals surface area contributed by atoms with E-state index in [2.05, 4.69) is 15.3 Å². The Bertz CT molecular complexity index is 609. The Balaban J connectivity index is 1.60. The molecule has 0 aromatic carbocycles. The van der Waals surface area contributed by atoms with Crippen molar-refractivity contribution in [3.8, 4) is 10.7 Å². The van der Waals surface area contributed by atoms with E-state index >= 15 is 0 Å². The van der Waals surface area contributed by atoms with Crippen LogP contribution < -0.4 is 11.1 Å². The van der Waals surface area contributed by atoms with Gasteiger partial charge in [0.2, 0.25) is 5.91 Å². The van der Waals surface area contributed by atoms with Crippen molar-refractivity contribution in [3.05, 3.63) is 35.5 Å². The number of amides is 1. The second-order valence-corrected chi connectivity index (χ2v) is 6.14. The molecule has 3 N–H and O–H groups in total. The predicted molar refractivity (Wildman–Crippen MR) is 82.8 cm³/mol. The third-order valence-corrected chi connectivity index (χ3v) is 4.48. The third-order valence-electron chi connectivity index (χ3n) is 3.57. The molecule has 6 heteroatoms. The molecule has 21 heavy (non-hydrogen) atoms. The summed E-state index contributed by atoms with van der Waals surface area (Å²) in [5, 5.41) is 5.77. The number of pyridine rings is 1. The molecule has 2 aromatic heterocycles. The number of hydrogen-bond acceptors (Lipinski definition) is 5. The standard InChI is InChI=1S/C15H18N4OS/c16-8-13(10-4-5-10)19-14(20)7-11-9-21-15(18-11)12-3-1-2-6-17-12/h1-3,6,9-10,13H,4-5,7-8,16H2,(H,19,20). The summed E-state index contributed by atoms with van der Waals surface area (Å²) in [6.45, 7) is 0.507. The normalized spacial score (nSPS) is 15.7. The van der Waals surface area contributed by atoms with Gasteiger partial charge in [-0.05, 0) is 30.9 Å². The van der Waals surface area contributed by atoms with E-state index in [0.717, 1.165) is 16.4 Å². The van der Waals surface area contributed by atoms with Gasteiger partial charge in [0.05, 0.1) is 17.8 Å². The van der Waals surface area contributed by atoms with Gasteiger partial charge in [-0.1, -0.05) is 6.07 Å². The molecule has 0 aliphatic heterocycles. The molecule has 1 amide bonds. The molecule has 1 aliphatic rings. The van der Waals surface area contributed by atoms with Crippen molar-refractivity contribution in [2.75, 3.05) is 6.54 Å². The fourth-order valence-corrected chi connectivity index (χ4v) is 3.08. The summed E-state index contributed by atoms with van der Waals surface area (Å²) < 4.78 is 0. The quantitative estimate of drug-likeness (QED) is 0.849. The Labute approximate surface area is 127 Å². The smallest absolute Gasteiger partial charge is 0.226 e. The minimum Gasteiger partial charge on any atom is -0.351 e. The van der Waals surface area contributed by atoms with Gasteiger partial charge >= 0.3 is 0 Å². The highest BCUT2D eigenvalue weighted by atomic mass is 32.1. The highest BCUT2D eigenvalue weighted by Crippen LogP contribution is 2.32. The van der Waals surface area contributed by atoms with Crippen LogP contribution in [-0.2, 0) is 11.2 Å². The van der Waals surface area contributed by atoms with Crippen LogP contribution in [0, 0.1) is 5.92 Å². The summed E-state index contributed by atoms with van der Waals surface area (Å²) >= 11 is 1.51. The number of carbonyl (C=O) groups excluding carboxylic acids is 1.